The Kier molecular flexibility index (Phi) is 3.69. The second-order valence-corrected chi connectivity index (χ2v) is 5.88. The lowest BCUT2D eigenvalue weighted by molar-refractivity contribution is -0.144. The molecule has 1 saturated heterocycles. The Morgan fingerprint density at radius 3 is 2.76 bits per heavy atom. The molecule has 0 spiro atoms. The van der Waals surface area contributed by atoms with Crippen molar-refractivity contribution in [2.75, 3.05) is 20.1 Å². The number of carbonyl (C=O) groups is 1. The molecule has 0 aromatic carbocycles. The van der Waals surface area contributed by atoms with E-state index in [0.29, 0.717) is 17.9 Å². The molecule has 3 rings (SSSR count). The summed E-state index contributed by atoms with van der Waals surface area (Å²) in [6.07, 6.45) is 7.35. The highest BCUT2D eigenvalue weighted by Gasteiger charge is 2.52. The molecule has 4 heteroatoms. The third-order valence-electron chi connectivity index (χ3n) is 4.88. The topological polar surface area (TPSA) is 32.3 Å². The van der Waals surface area contributed by atoms with Crippen LogP contribution in [0.4, 0.5) is 0 Å². The maximum Gasteiger partial charge on any atom is 0.230 e. The molecular formula is C13H23ClN2O. The number of hydrogen-bond acceptors (Lipinski definition) is 2. The van der Waals surface area contributed by atoms with Crippen molar-refractivity contribution in [1.29, 1.82) is 0 Å². The molecular weight excluding hydrogens is 236 g/mol. The SMILES string of the molecule is CN(C(=O)[C@@]12CCCC[C@H]1CNC2)C1CC1.Cl. The fourth-order valence-corrected chi connectivity index (χ4v) is 3.65. The molecule has 0 aromatic heterocycles. The van der Waals surface area contributed by atoms with Gasteiger partial charge < -0.3 is 10.2 Å². The molecule has 1 heterocycles. The molecule has 98 valence electrons. The van der Waals surface area contributed by atoms with E-state index >= 15 is 0 Å². The Labute approximate surface area is 110 Å². The lowest BCUT2D eigenvalue weighted by Crippen LogP contribution is -2.49. The van der Waals surface area contributed by atoms with Crippen LogP contribution in [0.5, 0.6) is 0 Å². The summed E-state index contributed by atoms with van der Waals surface area (Å²) in [7, 11) is 2.01. The van der Waals surface area contributed by atoms with Gasteiger partial charge in [0, 0.05) is 19.6 Å². The van der Waals surface area contributed by atoms with E-state index in [1.165, 1.54) is 32.1 Å². The largest absolute Gasteiger partial charge is 0.342 e. The average Bonchev–Trinajstić information content (AvgIpc) is 3.06. The van der Waals surface area contributed by atoms with Crippen LogP contribution in [0.2, 0.25) is 0 Å². The monoisotopic (exact) mass is 258 g/mol. The second-order valence-electron chi connectivity index (χ2n) is 5.88. The standard InChI is InChI=1S/C13H22N2O.ClH/c1-15(11-5-6-11)12(16)13-7-3-2-4-10(13)8-14-9-13;/h10-11,14H,2-9H2,1H3;1H/t10-,13+;/m0./s1. The maximum atomic E-state index is 12.7. The number of amides is 1. The van der Waals surface area contributed by atoms with Crippen LogP contribution in [0.1, 0.15) is 38.5 Å². The molecule has 0 radical (unpaired) electrons. The van der Waals surface area contributed by atoms with Gasteiger partial charge in [-0.3, -0.25) is 4.79 Å². The van der Waals surface area contributed by atoms with Crippen LogP contribution in [0, 0.1) is 11.3 Å². The zero-order valence-corrected chi connectivity index (χ0v) is 11.4. The fourth-order valence-electron chi connectivity index (χ4n) is 3.65. The van der Waals surface area contributed by atoms with E-state index in [-0.39, 0.29) is 17.8 Å². The van der Waals surface area contributed by atoms with E-state index in [2.05, 4.69) is 5.32 Å². The first-order valence-corrected chi connectivity index (χ1v) is 6.72. The summed E-state index contributed by atoms with van der Waals surface area (Å²) in [6, 6.07) is 0.560. The second kappa shape index (κ2) is 4.77. The van der Waals surface area contributed by atoms with Crippen molar-refractivity contribution in [3.05, 3.63) is 0 Å². The van der Waals surface area contributed by atoms with Crippen molar-refractivity contribution in [2.45, 2.75) is 44.6 Å². The number of rotatable bonds is 2. The third-order valence-corrected chi connectivity index (χ3v) is 4.88. The van der Waals surface area contributed by atoms with Gasteiger partial charge in [-0.2, -0.15) is 0 Å². The molecule has 0 unspecified atom stereocenters. The Bertz CT molecular complexity index is 306. The Balaban J connectivity index is 0.00000108. The van der Waals surface area contributed by atoms with Gasteiger partial charge in [-0.1, -0.05) is 12.8 Å². The number of hydrogen-bond donors (Lipinski definition) is 1. The Hall–Kier alpha value is -0.280. The number of fused-ring (bicyclic) bond motifs is 1. The van der Waals surface area contributed by atoms with Crippen molar-refractivity contribution in [2.24, 2.45) is 11.3 Å². The first-order chi connectivity index (χ1) is 7.74. The van der Waals surface area contributed by atoms with E-state index in [4.69, 9.17) is 0 Å². The molecule has 2 atom stereocenters. The van der Waals surface area contributed by atoms with Crippen molar-refractivity contribution in [1.82, 2.24) is 10.2 Å². The molecule has 1 amide bonds. The number of nitrogens with zero attached hydrogens (tertiary/aromatic N) is 1. The van der Waals surface area contributed by atoms with Gasteiger partial charge in [0.2, 0.25) is 5.91 Å². The van der Waals surface area contributed by atoms with Gasteiger partial charge in [0.05, 0.1) is 5.41 Å². The summed E-state index contributed by atoms with van der Waals surface area (Å²) in [5, 5.41) is 3.45. The Morgan fingerprint density at radius 1 is 1.29 bits per heavy atom. The summed E-state index contributed by atoms with van der Waals surface area (Å²) < 4.78 is 0. The van der Waals surface area contributed by atoms with Gasteiger partial charge >= 0.3 is 0 Å². The summed E-state index contributed by atoms with van der Waals surface area (Å²) in [6.45, 7) is 1.98. The molecule has 1 aliphatic heterocycles. The molecule has 0 aromatic rings. The minimum atomic E-state index is -0.0322. The van der Waals surface area contributed by atoms with E-state index in [9.17, 15) is 4.79 Å². The summed E-state index contributed by atoms with van der Waals surface area (Å²) in [5.41, 5.74) is -0.0322. The first-order valence-electron chi connectivity index (χ1n) is 6.72. The highest BCUT2D eigenvalue weighted by molar-refractivity contribution is 5.85. The number of carbonyl (C=O) groups excluding carboxylic acids is 1. The van der Waals surface area contributed by atoms with Crippen molar-refractivity contribution in [3.63, 3.8) is 0 Å². The molecule has 2 aliphatic carbocycles. The highest BCUT2D eigenvalue weighted by Crippen LogP contribution is 2.46. The van der Waals surface area contributed by atoms with Gasteiger partial charge in [0.1, 0.15) is 0 Å². The molecule has 2 saturated carbocycles. The number of halogens is 1. The van der Waals surface area contributed by atoms with E-state index in [0.717, 1.165) is 19.5 Å². The molecule has 0 bridgehead atoms. The normalized spacial score (nSPS) is 35.9. The minimum Gasteiger partial charge on any atom is -0.342 e. The van der Waals surface area contributed by atoms with Gasteiger partial charge in [-0.25, -0.2) is 0 Å². The lowest BCUT2D eigenvalue weighted by Gasteiger charge is -2.39. The summed E-state index contributed by atoms with van der Waals surface area (Å²) in [5.74, 6) is 1.04. The van der Waals surface area contributed by atoms with Crippen molar-refractivity contribution in [3.8, 4) is 0 Å². The van der Waals surface area contributed by atoms with Gasteiger partial charge in [-0.15, -0.1) is 12.4 Å². The third kappa shape index (κ3) is 2.08. The van der Waals surface area contributed by atoms with E-state index in [1.54, 1.807) is 0 Å². The quantitative estimate of drug-likeness (QED) is 0.819. The highest BCUT2D eigenvalue weighted by atomic mass is 35.5. The van der Waals surface area contributed by atoms with Crippen LogP contribution in [0.15, 0.2) is 0 Å². The van der Waals surface area contributed by atoms with E-state index < -0.39 is 0 Å². The smallest absolute Gasteiger partial charge is 0.230 e. The van der Waals surface area contributed by atoms with Crippen molar-refractivity contribution >= 4 is 18.3 Å². The predicted octanol–water partition coefficient (Wildman–Crippen LogP) is 1.81. The van der Waals surface area contributed by atoms with Gasteiger partial charge in [0.25, 0.3) is 0 Å². The zero-order chi connectivity index (χ0) is 11.2. The summed E-state index contributed by atoms with van der Waals surface area (Å²) >= 11 is 0. The summed E-state index contributed by atoms with van der Waals surface area (Å²) in [4.78, 5) is 14.7. The van der Waals surface area contributed by atoms with Crippen LogP contribution in [-0.4, -0.2) is 37.0 Å². The molecule has 3 nitrogen and oxygen atoms in total. The van der Waals surface area contributed by atoms with Gasteiger partial charge in [0.15, 0.2) is 0 Å². The van der Waals surface area contributed by atoms with Gasteiger partial charge in [-0.05, 0) is 38.1 Å². The Morgan fingerprint density at radius 2 is 2.06 bits per heavy atom. The number of nitrogens with one attached hydrogen (secondary N) is 1. The molecule has 17 heavy (non-hydrogen) atoms. The predicted molar refractivity (Wildman–Crippen MR) is 70.3 cm³/mol. The first kappa shape index (κ1) is 13.2. The van der Waals surface area contributed by atoms with E-state index in [1.807, 2.05) is 11.9 Å². The average molecular weight is 259 g/mol. The van der Waals surface area contributed by atoms with Crippen LogP contribution < -0.4 is 5.32 Å². The lowest BCUT2D eigenvalue weighted by atomic mass is 9.67. The van der Waals surface area contributed by atoms with Crippen LogP contribution in [0.25, 0.3) is 0 Å². The fraction of sp³-hybridized carbons (Fsp3) is 0.923. The molecule has 3 aliphatic rings. The minimum absolute atomic E-state index is 0. The molecule has 3 fully saturated rings. The van der Waals surface area contributed by atoms with Crippen LogP contribution in [0.3, 0.4) is 0 Å². The van der Waals surface area contributed by atoms with Crippen LogP contribution >= 0.6 is 12.4 Å². The maximum absolute atomic E-state index is 12.7. The molecule has 1 N–H and O–H groups in total. The van der Waals surface area contributed by atoms with Crippen LogP contribution in [-0.2, 0) is 4.79 Å². The zero-order valence-electron chi connectivity index (χ0n) is 10.6. The van der Waals surface area contributed by atoms with Crippen molar-refractivity contribution < 1.29 is 4.79 Å².